The van der Waals surface area contributed by atoms with Crippen LogP contribution in [0.4, 0.5) is 5.69 Å². The SMILES string of the molecule is Cc1ccc(N(CCNS(=O)(=O)c2cccs2)S(C)(=O)=O)cc1C. The van der Waals surface area contributed by atoms with Gasteiger partial charge in [-0.3, -0.25) is 4.31 Å². The molecule has 0 atom stereocenters. The Morgan fingerprint density at radius 2 is 1.79 bits per heavy atom. The quantitative estimate of drug-likeness (QED) is 0.787. The maximum absolute atomic E-state index is 12.1. The Morgan fingerprint density at radius 1 is 1.08 bits per heavy atom. The van der Waals surface area contributed by atoms with Crippen LogP contribution in [0.2, 0.25) is 0 Å². The van der Waals surface area contributed by atoms with Gasteiger partial charge in [0.15, 0.2) is 0 Å². The lowest BCUT2D eigenvalue weighted by atomic mass is 10.1. The molecule has 1 aromatic heterocycles. The van der Waals surface area contributed by atoms with Gasteiger partial charge in [-0.15, -0.1) is 11.3 Å². The number of thiophene rings is 1. The molecule has 24 heavy (non-hydrogen) atoms. The molecule has 9 heteroatoms. The summed E-state index contributed by atoms with van der Waals surface area (Å²) in [6.07, 6.45) is 1.11. The monoisotopic (exact) mass is 388 g/mol. The number of aryl methyl sites for hydroxylation is 2. The van der Waals surface area contributed by atoms with Gasteiger partial charge in [-0.2, -0.15) is 0 Å². The van der Waals surface area contributed by atoms with Gasteiger partial charge in [0.05, 0.1) is 11.9 Å². The molecule has 0 aliphatic rings. The van der Waals surface area contributed by atoms with Crippen molar-refractivity contribution in [2.45, 2.75) is 18.1 Å². The van der Waals surface area contributed by atoms with E-state index in [4.69, 9.17) is 0 Å². The Hall–Kier alpha value is -1.42. The van der Waals surface area contributed by atoms with Gasteiger partial charge >= 0.3 is 0 Å². The van der Waals surface area contributed by atoms with Gasteiger partial charge in [0.2, 0.25) is 20.0 Å². The standard InChI is InChI=1S/C15H20N2O4S3/c1-12-6-7-14(11-13(12)2)17(23(3,18)19)9-8-16-24(20,21)15-5-4-10-22-15/h4-7,10-11,16H,8-9H2,1-3H3. The van der Waals surface area contributed by atoms with Crippen molar-refractivity contribution in [2.75, 3.05) is 23.7 Å². The van der Waals surface area contributed by atoms with Crippen LogP contribution in [0.5, 0.6) is 0 Å². The van der Waals surface area contributed by atoms with Gasteiger partial charge in [-0.1, -0.05) is 12.1 Å². The molecule has 0 saturated carbocycles. The number of anilines is 1. The predicted octanol–water partition coefficient (Wildman–Crippen LogP) is 2.11. The zero-order valence-corrected chi connectivity index (χ0v) is 16.1. The second-order valence-electron chi connectivity index (χ2n) is 5.43. The maximum Gasteiger partial charge on any atom is 0.250 e. The molecule has 0 bridgehead atoms. The molecule has 0 fully saturated rings. The first-order chi connectivity index (χ1) is 11.1. The van der Waals surface area contributed by atoms with Crippen molar-refractivity contribution in [3.8, 4) is 0 Å². The van der Waals surface area contributed by atoms with Crippen LogP contribution in [0, 0.1) is 13.8 Å². The minimum absolute atomic E-state index is 0.0137. The third-order valence-electron chi connectivity index (χ3n) is 3.55. The predicted molar refractivity (Wildman–Crippen MR) is 97.6 cm³/mol. The Balaban J connectivity index is 2.15. The summed E-state index contributed by atoms with van der Waals surface area (Å²) in [7, 11) is -7.13. The highest BCUT2D eigenvalue weighted by Crippen LogP contribution is 2.21. The molecule has 2 rings (SSSR count). The number of sulfonamides is 2. The minimum Gasteiger partial charge on any atom is -0.269 e. The molecule has 6 nitrogen and oxygen atoms in total. The molecule has 0 aliphatic carbocycles. The average Bonchev–Trinajstić information content (AvgIpc) is 3.00. The van der Waals surface area contributed by atoms with Crippen molar-refractivity contribution >= 4 is 37.1 Å². The number of nitrogens with zero attached hydrogens (tertiary/aromatic N) is 1. The first-order valence-corrected chi connectivity index (χ1v) is 11.4. The first kappa shape index (κ1) is 18.9. The average molecular weight is 389 g/mol. The fourth-order valence-corrected chi connectivity index (χ4v) is 5.11. The third kappa shape index (κ3) is 4.56. The molecule has 0 unspecified atom stereocenters. The molecule has 0 saturated heterocycles. The summed E-state index contributed by atoms with van der Waals surface area (Å²) in [5.41, 5.74) is 2.56. The van der Waals surface area contributed by atoms with Crippen LogP contribution in [0.25, 0.3) is 0 Å². The van der Waals surface area contributed by atoms with Gasteiger partial charge in [0, 0.05) is 13.1 Å². The Bertz CT molecular complexity index is 904. The molecule has 1 aromatic carbocycles. The van der Waals surface area contributed by atoms with Crippen molar-refractivity contribution in [2.24, 2.45) is 0 Å². The zero-order chi connectivity index (χ0) is 18.0. The summed E-state index contributed by atoms with van der Waals surface area (Å²) in [5, 5.41) is 1.67. The molecular weight excluding hydrogens is 368 g/mol. The molecule has 132 valence electrons. The second kappa shape index (κ2) is 7.22. The van der Waals surface area contributed by atoms with Crippen LogP contribution in [0.3, 0.4) is 0 Å². The van der Waals surface area contributed by atoms with E-state index in [0.29, 0.717) is 5.69 Å². The van der Waals surface area contributed by atoms with E-state index in [-0.39, 0.29) is 17.3 Å². The van der Waals surface area contributed by atoms with Crippen LogP contribution in [0.1, 0.15) is 11.1 Å². The van der Waals surface area contributed by atoms with Crippen molar-refractivity contribution in [1.29, 1.82) is 0 Å². The van der Waals surface area contributed by atoms with Crippen LogP contribution in [0.15, 0.2) is 39.9 Å². The van der Waals surface area contributed by atoms with Gasteiger partial charge < -0.3 is 0 Å². The molecule has 0 spiro atoms. The number of hydrogen-bond donors (Lipinski definition) is 1. The van der Waals surface area contributed by atoms with Crippen molar-refractivity contribution in [1.82, 2.24) is 4.72 Å². The Morgan fingerprint density at radius 3 is 2.33 bits per heavy atom. The normalized spacial score (nSPS) is 12.3. The summed E-state index contributed by atoms with van der Waals surface area (Å²) >= 11 is 1.11. The van der Waals surface area contributed by atoms with Crippen molar-refractivity contribution in [3.63, 3.8) is 0 Å². The van der Waals surface area contributed by atoms with Crippen molar-refractivity contribution in [3.05, 3.63) is 46.8 Å². The number of benzene rings is 1. The lowest BCUT2D eigenvalue weighted by Crippen LogP contribution is -2.38. The molecule has 0 aliphatic heterocycles. The summed E-state index contributed by atoms with van der Waals surface area (Å²) in [5.74, 6) is 0. The van der Waals surface area contributed by atoms with Crippen LogP contribution < -0.4 is 9.03 Å². The third-order valence-corrected chi connectivity index (χ3v) is 7.60. The lowest BCUT2D eigenvalue weighted by Gasteiger charge is -2.23. The van der Waals surface area contributed by atoms with E-state index in [9.17, 15) is 16.8 Å². The summed E-state index contributed by atoms with van der Waals surface area (Å²) in [6, 6.07) is 8.50. The fraction of sp³-hybridized carbons (Fsp3) is 0.333. The first-order valence-electron chi connectivity index (χ1n) is 7.19. The van der Waals surface area contributed by atoms with Crippen LogP contribution in [-0.4, -0.2) is 36.2 Å². The van der Waals surface area contributed by atoms with E-state index in [1.807, 2.05) is 19.9 Å². The van der Waals surface area contributed by atoms with Gasteiger partial charge in [-0.05, 0) is 48.6 Å². The van der Waals surface area contributed by atoms with Crippen molar-refractivity contribution < 1.29 is 16.8 Å². The number of nitrogens with one attached hydrogen (secondary N) is 1. The van der Waals surface area contributed by atoms with E-state index in [1.165, 1.54) is 10.4 Å². The largest absolute Gasteiger partial charge is 0.269 e. The number of rotatable bonds is 7. The van der Waals surface area contributed by atoms with E-state index in [2.05, 4.69) is 4.72 Å². The molecule has 0 amide bonds. The smallest absolute Gasteiger partial charge is 0.250 e. The number of hydrogen-bond acceptors (Lipinski definition) is 5. The molecule has 1 heterocycles. The highest BCUT2D eigenvalue weighted by molar-refractivity contribution is 7.92. The van der Waals surface area contributed by atoms with Gasteiger partial charge in [-0.25, -0.2) is 21.6 Å². The Kier molecular flexibility index (Phi) is 5.69. The highest BCUT2D eigenvalue weighted by atomic mass is 32.2. The summed E-state index contributed by atoms with van der Waals surface area (Å²) < 4.78 is 52.2. The zero-order valence-electron chi connectivity index (χ0n) is 13.7. The minimum atomic E-state index is -3.61. The molecular formula is C15H20N2O4S3. The van der Waals surface area contributed by atoms with E-state index < -0.39 is 20.0 Å². The van der Waals surface area contributed by atoms with Crippen LogP contribution in [-0.2, 0) is 20.0 Å². The van der Waals surface area contributed by atoms with Gasteiger partial charge in [0.25, 0.3) is 0 Å². The van der Waals surface area contributed by atoms with Crippen LogP contribution >= 0.6 is 11.3 Å². The van der Waals surface area contributed by atoms with Gasteiger partial charge in [0.1, 0.15) is 4.21 Å². The highest BCUT2D eigenvalue weighted by Gasteiger charge is 2.20. The van der Waals surface area contributed by atoms with E-state index in [0.717, 1.165) is 28.7 Å². The van der Waals surface area contributed by atoms with E-state index >= 15 is 0 Å². The Labute approximate surface area is 147 Å². The summed E-state index contributed by atoms with van der Waals surface area (Å²) in [6.45, 7) is 3.85. The second-order valence-corrected chi connectivity index (χ2v) is 10.3. The molecule has 2 aromatic rings. The summed E-state index contributed by atoms with van der Waals surface area (Å²) in [4.78, 5) is 0. The topological polar surface area (TPSA) is 83.6 Å². The maximum atomic E-state index is 12.1. The lowest BCUT2D eigenvalue weighted by molar-refractivity contribution is 0.580. The molecule has 0 radical (unpaired) electrons. The fourth-order valence-electron chi connectivity index (χ4n) is 2.14. The van der Waals surface area contributed by atoms with E-state index in [1.54, 1.807) is 23.6 Å². The molecule has 1 N–H and O–H groups in total.